The standard InChI is InChI=1S/C21H31BrN4O2/c1-7-17(23-20(27)28-21(5,6)9-3)12-10-11-16(4)15-19-25-24-18(8-2)26(19)14-13-22/h7,10-11,13-14H,4,8-9,12,15H2,1-3,5-6H3,(H,23,27)/b11-10?,14-13-,17-7+. The largest absolute Gasteiger partial charge is 0.443 e. The third kappa shape index (κ3) is 7.84. The summed E-state index contributed by atoms with van der Waals surface area (Å²) in [6.45, 7) is 13.8. The Morgan fingerprint density at radius 2 is 2.00 bits per heavy atom. The first-order valence-corrected chi connectivity index (χ1v) is 10.4. The lowest BCUT2D eigenvalue weighted by molar-refractivity contribution is 0.0379. The van der Waals surface area contributed by atoms with Gasteiger partial charge in [-0.3, -0.25) is 9.88 Å². The number of aromatic nitrogens is 3. The Morgan fingerprint density at radius 3 is 2.57 bits per heavy atom. The average molecular weight is 451 g/mol. The number of alkyl carbamates (subject to hydrolysis) is 1. The molecule has 1 heterocycles. The number of halogens is 1. The minimum Gasteiger partial charge on any atom is -0.443 e. The lowest BCUT2D eigenvalue weighted by Crippen LogP contribution is -2.33. The Kier molecular flexibility index (Phi) is 9.93. The van der Waals surface area contributed by atoms with E-state index < -0.39 is 11.7 Å². The number of carbonyl (C=O) groups is 1. The van der Waals surface area contributed by atoms with E-state index in [0.717, 1.165) is 35.8 Å². The second-order valence-corrected chi connectivity index (χ2v) is 7.44. The van der Waals surface area contributed by atoms with E-state index in [0.29, 0.717) is 12.8 Å². The highest BCUT2D eigenvalue weighted by Gasteiger charge is 2.20. The van der Waals surface area contributed by atoms with E-state index in [1.165, 1.54) is 0 Å². The summed E-state index contributed by atoms with van der Waals surface area (Å²) in [6.07, 6.45) is 9.92. The lowest BCUT2D eigenvalue weighted by atomic mass is 10.1. The van der Waals surface area contributed by atoms with Gasteiger partial charge in [-0.15, -0.1) is 10.2 Å². The topological polar surface area (TPSA) is 69.0 Å². The van der Waals surface area contributed by atoms with Crippen LogP contribution in [0.3, 0.4) is 0 Å². The van der Waals surface area contributed by atoms with E-state index in [-0.39, 0.29) is 0 Å². The zero-order valence-electron chi connectivity index (χ0n) is 17.5. The van der Waals surface area contributed by atoms with Gasteiger partial charge in [0.05, 0.1) is 0 Å². The van der Waals surface area contributed by atoms with Crippen molar-refractivity contribution in [1.82, 2.24) is 20.1 Å². The van der Waals surface area contributed by atoms with Gasteiger partial charge in [-0.25, -0.2) is 4.79 Å². The van der Waals surface area contributed by atoms with Crippen molar-refractivity contribution in [3.8, 4) is 0 Å². The Morgan fingerprint density at radius 1 is 1.32 bits per heavy atom. The van der Waals surface area contributed by atoms with Crippen molar-refractivity contribution in [3.63, 3.8) is 0 Å². The molecule has 28 heavy (non-hydrogen) atoms. The summed E-state index contributed by atoms with van der Waals surface area (Å²) in [5.74, 6) is 1.73. The van der Waals surface area contributed by atoms with Crippen LogP contribution in [0.4, 0.5) is 4.79 Å². The normalized spacial score (nSPS) is 12.7. The monoisotopic (exact) mass is 450 g/mol. The Bertz CT molecular complexity index is 760. The number of hydrogen-bond donors (Lipinski definition) is 1. The molecule has 0 fully saturated rings. The molecule has 0 aliphatic heterocycles. The Labute approximate surface area is 176 Å². The van der Waals surface area contributed by atoms with Crippen molar-refractivity contribution in [2.75, 3.05) is 0 Å². The molecule has 6 nitrogen and oxygen atoms in total. The quantitative estimate of drug-likeness (QED) is 0.475. The molecule has 0 saturated heterocycles. The maximum absolute atomic E-state index is 12.0. The first-order chi connectivity index (χ1) is 13.3. The van der Waals surface area contributed by atoms with Gasteiger partial charge in [0.1, 0.15) is 17.2 Å². The predicted molar refractivity (Wildman–Crippen MR) is 118 cm³/mol. The second-order valence-electron chi connectivity index (χ2n) is 6.91. The molecule has 0 atom stereocenters. The molecule has 1 aromatic rings. The van der Waals surface area contributed by atoms with Gasteiger partial charge in [-0.1, -0.05) is 54.6 Å². The van der Waals surface area contributed by atoms with Crippen molar-refractivity contribution >= 4 is 28.2 Å². The van der Waals surface area contributed by atoms with E-state index in [1.54, 1.807) is 4.99 Å². The SMILES string of the molecule is C=C(C=CC/C(=C\C)NC(=O)OC(C)(C)CC)Cc1nnc(CC)n1/C=C\Br. The van der Waals surface area contributed by atoms with Gasteiger partial charge in [0.15, 0.2) is 0 Å². The highest BCUT2D eigenvalue weighted by atomic mass is 79.9. The van der Waals surface area contributed by atoms with Crippen molar-refractivity contribution in [3.05, 3.63) is 52.7 Å². The summed E-state index contributed by atoms with van der Waals surface area (Å²) in [5.41, 5.74) is 1.20. The maximum Gasteiger partial charge on any atom is 0.411 e. The highest BCUT2D eigenvalue weighted by Crippen LogP contribution is 2.14. The van der Waals surface area contributed by atoms with Gasteiger partial charge in [-0.05, 0) is 37.8 Å². The third-order valence-corrected chi connectivity index (χ3v) is 4.50. The summed E-state index contributed by atoms with van der Waals surface area (Å²) < 4.78 is 7.37. The van der Waals surface area contributed by atoms with Gasteiger partial charge in [0, 0.05) is 31.2 Å². The molecule has 1 N–H and O–H groups in total. The number of ether oxygens (including phenoxy) is 1. The molecule has 0 aromatic carbocycles. The molecule has 0 spiro atoms. The van der Waals surface area contributed by atoms with Crippen molar-refractivity contribution in [2.45, 2.75) is 65.9 Å². The van der Waals surface area contributed by atoms with Crippen LogP contribution in [-0.2, 0) is 17.6 Å². The summed E-state index contributed by atoms with van der Waals surface area (Å²) in [5, 5.41) is 11.2. The van der Waals surface area contributed by atoms with E-state index in [2.05, 4.69) is 38.0 Å². The number of rotatable bonds is 10. The summed E-state index contributed by atoms with van der Waals surface area (Å²) >= 11 is 3.30. The molecule has 1 aromatic heterocycles. The number of carbonyl (C=O) groups excluding carboxylic acids is 1. The average Bonchev–Trinajstić information content (AvgIpc) is 3.02. The molecule has 1 amide bonds. The van der Waals surface area contributed by atoms with Crippen LogP contribution in [0, 0.1) is 0 Å². The first kappa shape index (κ1) is 23.9. The fraction of sp³-hybridized carbons (Fsp3) is 0.476. The van der Waals surface area contributed by atoms with Gasteiger partial charge < -0.3 is 4.74 Å². The molecule has 0 unspecified atom stereocenters. The van der Waals surface area contributed by atoms with Crippen LogP contribution >= 0.6 is 15.9 Å². The van der Waals surface area contributed by atoms with Crippen LogP contribution in [-0.4, -0.2) is 26.5 Å². The van der Waals surface area contributed by atoms with Crippen LogP contribution in [0.5, 0.6) is 0 Å². The number of hydrogen-bond acceptors (Lipinski definition) is 4. The van der Waals surface area contributed by atoms with E-state index in [4.69, 9.17) is 4.74 Å². The number of aryl methyl sites for hydroxylation is 1. The smallest absolute Gasteiger partial charge is 0.411 e. The Balaban J connectivity index is 2.63. The summed E-state index contributed by atoms with van der Waals surface area (Å²) in [7, 11) is 0. The van der Waals surface area contributed by atoms with Crippen molar-refractivity contribution < 1.29 is 9.53 Å². The predicted octanol–water partition coefficient (Wildman–Crippen LogP) is 5.53. The van der Waals surface area contributed by atoms with Crippen LogP contribution in [0.15, 0.2) is 41.1 Å². The van der Waals surface area contributed by atoms with Crippen LogP contribution < -0.4 is 5.32 Å². The fourth-order valence-electron chi connectivity index (χ4n) is 2.29. The molecule has 7 heteroatoms. The fourth-order valence-corrected chi connectivity index (χ4v) is 2.52. The summed E-state index contributed by atoms with van der Waals surface area (Å²) in [6, 6.07) is 0. The van der Waals surface area contributed by atoms with Crippen molar-refractivity contribution in [1.29, 1.82) is 0 Å². The van der Waals surface area contributed by atoms with E-state index >= 15 is 0 Å². The zero-order chi connectivity index (χ0) is 21.2. The van der Waals surface area contributed by atoms with Gasteiger partial charge in [-0.2, -0.15) is 0 Å². The third-order valence-electron chi connectivity index (χ3n) is 4.27. The molecule has 0 aliphatic carbocycles. The molecule has 0 saturated carbocycles. The molecular formula is C21H31BrN4O2. The minimum absolute atomic E-state index is 0.436. The van der Waals surface area contributed by atoms with Gasteiger partial charge in [0.25, 0.3) is 0 Å². The van der Waals surface area contributed by atoms with E-state index in [1.807, 2.05) is 63.6 Å². The van der Waals surface area contributed by atoms with Gasteiger partial charge >= 0.3 is 6.09 Å². The second kappa shape index (κ2) is 11.6. The number of nitrogens with zero attached hydrogens (tertiary/aromatic N) is 3. The number of amides is 1. The van der Waals surface area contributed by atoms with Gasteiger partial charge in [0.2, 0.25) is 0 Å². The van der Waals surface area contributed by atoms with Crippen LogP contribution in [0.25, 0.3) is 6.20 Å². The molecule has 0 aliphatic rings. The first-order valence-electron chi connectivity index (χ1n) is 9.45. The van der Waals surface area contributed by atoms with Crippen LogP contribution in [0.1, 0.15) is 59.1 Å². The lowest BCUT2D eigenvalue weighted by Gasteiger charge is -2.23. The molecule has 0 radical (unpaired) electrons. The molecule has 0 bridgehead atoms. The maximum atomic E-state index is 12.0. The zero-order valence-corrected chi connectivity index (χ0v) is 19.0. The molecular weight excluding hydrogens is 420 g/mol. The van der Waals surface area contributed by atoms with E-state index in [9.17, 15) is 4.79 Å². The van der Waals surface area contributed by atoms with Crippen LogP contribution in [0.2, 0.25) is 0 Å². The minimum atomic E-state index is -0.482. The highest BCUT2D eigenvalue weighted by molar-refractivity contribution is 9.11. The number of allylic oxidation sites excluding steroid dienone is 4. The molecule has 154 valence electrons. The molecule has 1 rings (SSSR count). The Hall–Kier alpha value is -2.15. The van der Waals surface area contributed by atoms with Crippen molar-refractivity contribution in [2.24, 2.45) is 0 Å². The summed E-state index contributed by atoms with van der Waals surface area (Å²) in [4.78, 5) is 13.8. The number of nitrogens with one attached hydrogen (secondary N) is 1.